The van der Waals surface area contributed by atoms with Gasteiger partial charge in [-0.3, -0.25) is 0 Å². The largest absolute Gasteiger partial charge is 0.372 e. The van der Waals surface area contributed by atoms with Gasteiger partial charge in [-0.25, -0.2) is 0 Å². The third-order valence-electron chi connectivity index (χ3n) is 2.93. The fourth-order valence-corrected chi connectivity index (χ4v) is 2.13. The van der Waals surface area contributed by atoms with Gasteiger partial charge in [-0.1, -0.05) is 18.2 Å². The fourth-order valence-electron chi connectivity index (χ4n) is 2.13. The molecule has 2 rings (SSSR count). The van der Waals surface area contributed by atoms with Gasteiger partial charge in [0.25, 0.3) is 0 Å². The number of aldehydes is 1. The minimum absolute atomic E-state index is 0.106. The standard InChI is InChI=1S/C12H15NO/c1-2-13-8-7-10(9-14)11-5-3-4-6-12(11)13/h3-6,9-10H,2,7-8H2,1H3. The number of anilines is 1. The molecule has 1 aliphatic rings. The molecular weight excluding hydrogens is 174 g/mol. The van der Waals surface area contributed by atoms with Crippen molar-refractivity contribution in [3.05, 3.63) is 29.8 Å². The highest BCUT2D eigenvalue weighted by atomic mass is 16.1. The van der Waals surface area contributed by atoms with E-state index in [1.165, 1.54) is 11.3 Å². The van der Waals surface area contributed by atoms with Gasteiger partial charge < -0.3 is 9.69 Å². The average Bonchev–Trinajstić information content (AvgIpc) is 2.27. The Hall–Kier alpha value is -1.31. The lowest BCUT2D eigenvalue weighted by Gasteiger charge is -2.32. The fraction of sp³-hybridized carbons (Fsp3) is 0.417. The molecule has 0 N–H and O–H groups in total. The van der Waals surface area contributed by atoms with E-state index in [2.05, 4.69) is 24.0 Å². The minimum Gasteiger partial charge on any atom is -0.372 e. The van der Waals surface area contributed by atoms with E-state index < -0.39 is 0 Å². The summed E-state index contributed by atoms with van der Waals surface area (Å²) in [7, 11) is 0. The Bertz CT molecular complexity index is 335. The van der Waals surface area contributed by atoms with Gasteiger partial charge in [-0.05, 0) is 25.0 Å². The van der Waals surface area contributed by atoms with E-state index >= 15 is 0 Å². The first-order valence-electron chi connectivity index (χ1n) is 5.16. The number of benzene rings is 1. The second-order valence-corrected chi connectivity index (χ2v) is 3.67. The number of carbonyl (C=O) groups is 1. The van der Waals surface area contributed by atoms with E-state index in [0.29, 0.717) is 0 Å². The summed E-state index contributed by atoms with van der Waals surface area (Å²) in [6.45, 7) is 4.16. The summed E-state index contributed by atoms with van der Waals surface area (Å²) < 4.78 is 0. The van der Waals surface area contributed by atoms with E-state index in [1.54, 1.807) is 0 Å². The highest BCUT2D eigenvalue weighted by molar-refractivity contribution is 5.70. The Morgan fingerprint density at radius 2 is 2.29 bits per heavy atom. The van der Waals surface area contributed by atoms with Crippen LogP contribution in [0.25, 0.3) is 0 Å². The van der Waals surface area contributed by atoms with Crippen molar-refractivity contribution in [1.82, 2.24) is 0 Å². The molecule has 2 heteroatoms. The smallest absolute Gasteiger partial charge is 0.127 e. The van der Waals surface area contributed by atoms with Crippen LogP contribution in [-0.4, -0.2) is 19.4 Å². The maximum Gasteiger partial charge on any atom is 0.127 e. The number of fused-ring (bicyclic) bond motifs is 1. The molecule has 0 aromatic heterocycles. The maximum absolute atomic E-state index is 10.9. The molecule has 1 heterocycles. The number of hydrogen-bond acceptors (Lipinski definition) is 2. The molecule has 74 valence electrons. The Morgan fingerprint density at radius 1 is 1.50 bits per heavy atom. The zero-order chi connectivity index (χ0) is 9.97. The van der Waals surface area contributed by atoms with Gasteiger partial charge >= 0.3 is 0 Å². The van der Waals surface area contributed by atoms with Crippen molar-refractivity contribution >= 4 is 12.0 Å². The molecule has 0 saturated carbocycles. The molecule has 2 nitrogen and oxygen atoms in total. The van der Waals surface area contributed by atoms with E-state index in [0.717, 1.165) is 25.8 Å². The minimum atomic E-state index is 0.106. The van der Waals surface area contributed by atoms with Crippen LogP contribution in [0, 0.1) is 0 Å². The van der Waals surface area contributed by atoms with Gasteiger partial charge in [0.2, 0.25) is 0 Å². The monoisotopic (exact) mass is 189 g/mol. The summed E-state index contributed by atoms with van der Waals surface area (Å²) >= 11 is 0. The van der Waals surface area contributed by atoms with Crippen LogP contribution in [0.5, 0.6) is 0 Å². The van der Waals surface area contributed by atoms with Gasteiger partial charge in [-0.15, -0.1) is 0 Å². The lowest BCUT2D eigenvalue weighted by Crippen LogP contribution is -2.31. The molecule has 0 aliphatic carbocycles. The first kappa shape index (κ1) is 9.25. The van der Waals surface area contributed by atoms with Gasteiger partial charge in [-0.2, -0.15) is 0 Å². The van der Waals surface area contributed by atoms with Crippen LogP contribution in [0.3, 0.4) is 0 Å². The Labute approximate surface area is 84.5 Å². The van der Waals surface area contributed by atoms with Crippen LogP contribution < -0.4 is 4.90 Å². The van der Waals surface area contributed by atoms with Crippen molar-refractivity contribution in [2.24, 2.45) is 0 Å². The molecule has 1 aromatic carbocycles. The zero-order valence-electron chi connectivity index (χ0n) is 8.44. The quantitative estimate of drug-likeness (QED) is 0.665. The average molecular weight is 189 g/mol. The van der Waals surface area contributed by atoms with Crippen LogP contribution in [0.4, 0.5) is 5.69 Å². The SMILES string of the molecule is CCN1CCC(C=O)c2ccccc21. The molecule has 0 fully saturated rings. The lowest BCUT2D eigenvalue weighted by atomic mass is 9.91. The molecule has 0 bridgehead atoms. The van der Waals surface area contributed by atoms with Gasteiger partial charge in [0.1, 0.15) is 6.29 Å². The topological polar surface area (TPSA) is 20.3 Å². The molecular formula is C12H15NO. The third kappa shape index (κ3) is 1.41. The molecule has 0 saturated heterocycles. The second-order valence-electron chi connectivity index (χ2n) is 3.67. The number of para-hydroxylation sites is 1. The molecule has 1 unspecified atom stereocenters. The first-order valence-corrected chi connectivity index (χ1v) is 5.16. The normalized spacial score (nSPS) is 20.4. The number of rotatable bonds is 2. The summed E-state index contributed by atoms with van der Waals surface area (Å²) in [5.41, 5.74) is 2.42. The van der Waals surface area contributed by atoms with Crippen LogP contribution in [0.1, 0.15) is 24.8 Å². The summed E-state index contributed by atoms with van der Waals surface area (Å²) in [5.74, 6) is 0.106. The number of hydrogen-bond donors (Lipinski definition) is 0. The highest BCUT2D eigenvalue weighted by Crippen LogP contribution is 2.33. The first-order chi connectivity index (χ1) is 6.86. The summed E-state index contributed by atoms with van der Waals surface area (Å²) in [4.78, 5) is 13.2. The summed E-state index contributed by atoms with van der Waals surface area (Å²) in [5, 5.41) is 0. The molecule has 0 radical (unpaired) electrons. The third-order valence-corrected chi connectivity index (χ3v) is 2.93. The molecule has 1 aromatic rings. The number of carbonyl (C=O) groups excluding carboxylic acids is 1. The number of nitrogens with zero attached hydrogens (tertiary/aromatic N) is 1. The zero-order valence-corrected chi connectivity index (χ0v) is 8.44. The Morgan fingerprint density at radius 3 is 3.00 bits per heavy atom. The van der Waals surface area contributed by atoms with Gasteiger partial charge in [0.05, 0.1) is 0 Å². The Kier molecular flexibility index (Phi) is 2.53. The molecule has 0 spiro atoms. The van der Waals surface area contributed by atoms with E-state index in [1.807, 2.05) is 12.1 Å². The van der Waals surface area contributed by atoms with Crippen molar-refractivity contribution in [2.45, 2.75) is 19.3 Å². The van der Waals surface area contributed by atoms with Crippen LogP contribution in [0.2, 0.25) is 0 Å². The molecule has 1 aliphatic heterocycles. The van der Waals surface area contributed by atoms with Crippen molar-refractivity contribution in [3.8, 4) is 0 Å². The summed E-state index contributed by atoms with van der Waals surface area (Å²) in [6.07, 6.45) is 2.03. The maximum atomic E-state index is 10.9. The van der Waals surface area contributed by atoms with E-state index in [9.17, 15) is 4.79 Å². The van der Waals surface area contributed by atoms with Crippen LogP contribution in [0.15, 0.2) is 24.3 Å². The van der Waals surface area contributed by atoms with E-state index in [-0.39, 0.29) is 5.92 Å². The summed E-state index contributed by atoms with van der Waals surface area (Å²) in [6, 6.07) is 8.22. The second kappa shape index (κ2) is 3.82. The van der Waals surface area contributed by atoms with Gasteiger partial charge in [0.15, 0.2) is 0 Å². The highest BCUT2D eigenvalue weighted by Gasteiger charge is 2.22. The molecule has 0 amide bonds. The lowest BCUT2D eigenvalue weighted by molar-refractivity contribution is -0.109. The molecule has 14 heavy (non-hydrogen) atoms. The molecule has 1 atom stereocenters. The Balaban J connectivity index is 2.43. The predicted octanol–water partition coefficient (Wildman–Crippen LogP) is 2.20. The van der Waals surface area contributed by atoms with Crippen LogP contribution >= 0.6 is 0 Å². The van der Waals surface area contributed by atoms with Crippen molar-refractivity contribution < 1.29 is 4.79 Å². The predicted molar refractivity (Wildman–Crippen MR) is 57.8 cm³/mol. The van der Waals surface area contributed by atoms with E-state index in [4.69, 9.17) is 0 Å². The van der Waals surface area contributed by atoms with Crippen molar-refractivity contribution in [2.75, 3.05) is 18.0 Å². The van der Waals surface area contributed by atoms with Crippen LogP contribution in [-0.2, 0) is 4.79 Å². The van der Waals surface area contributed by atoms with Crippen molar-refractivity contribution in [1.29, 1.82) is 0 Å². The van der Waals surface area contributed by atoms with Gasteiger partial charge in [0, 0.05) is 24.7 Å². The van der Waals surface area contributed by atoms with Crippen molar-refractivity contribution in [3.63, 3.8) is 0 Å².